The lowest BCUT2D eigenvalue weighted by Crippen LogP contribution is -2.31. The summed E-state index contributed by atoms with van der Waals surface area (Å²) in [6.07, 6.45) is 2.59. The summed E-state index contributed by atoms with van der Waals surface area (Å²) in [6.45, 7) is 4.57. The zero-order chi connectivity index (χ0) is 13.7. The third-order valence-corrected chi connectivity index (χ3v) is 4.42. The van der Waals surface area contributed by atoms with E-state index in [1.54, 1.807) is 17.5 Å². The van der Waals surface area contributed by atoms with Crippen LogP contribution in [0.15, 0.2) is 11.6 Å². The number of anilines is 1. The third kappa shape index (κ3) is 3.97. The van der Waals surface area contributed by atoms with Crippen molar-refractivity contribution in [2.75, 3.05) is 11.9 Å². The van der Waals surface area contributed by atoms with Crippen molar-refractivity contribution in [1.82, 2.24) is 20.5 Å². The van der Waals surface area contributed by atoms with Gasteiger partial charge in [-0.25, -0.2) is 9.78 Å². The van der Waals surface area contributed by atoms with Crippen LogP contribution in [0.1, 0.15) is 29.8 Å². The normalized spacial score (nSPS) is 12.1. The van der Waals surface area contributed by atoms with E-state index in [0.29, 0.717) is 11.7 Å². The average Bonchev–Trinajstić information content (AvgIpc) is 3.06. The number of rotatable bonds is 5. The number of amides is 2. The van der Waals surface area contributed by atoms with Crippen LogP contribution in [0.2, 0.25) is 0 Å². The molecule has 2 rings (SSSR count). The number of thiazole rings is 1. The lowest BCUT2D eigenvalue weighted by atomic mass is 10.2. The Bertz CT molecular complexity index is 525. The van der Waals surface area contributed by atoms with Crippen molar-refractivity contribution in [3.8, 4) is 0 Å². The molecule has 0 fully saturated rings. The van der Waals surface area contributed by atoms with Crippen LogP contribution >= 0.6 is 22.7 Å². The van der Waals surface area contributed by atoms with Gasteiger partial charge in [0.2, 0.25) is 5.13 Å². The molecule has 0 saturated carbocycles. The number of hydrogen-bond donors (Lipinski definition) is 2. The molecule has 0 aliphatic rings. The van der Waals surface area contributed by atoms with Crippen LogP contribution in [0.4, 0.5) is 9.93 Å². The molecule has 19 heavy (non-hydrogen) atoms. The number of nitrogens with one attached hydrogen (secondary N) is 2. The van der Waals surface area contributed by atoms with Crippen LogP contribution in [-0.2, 0) is 6.42 Å². The predicted octanol–water partition coefficient (Wildman–Crippen LogP) is 2.48. The van der Waals surface area contributed by atoms with Crippen molar-refractivity contribution in [3.05, 3.63) is 21.6 Å². The van der Waals surface area contributed by atoms with Crippen molar-refractivity contribution in [2.24, 2.45) is 0 Å². The number of aryl methyl sites for hydroxylation is 1. The molecule has 0 aliphatic carbocycles. The van der Waals surface area contributed by atoms with Crippen molar-refractivity contribution in [3.63, 3.8) is 0 Å². The first-order valence-electron chi connectivity index (χ1n) is 5.95. The second kappa shape index (κ2) is 6.58. The Balaban J connectivity index is 1.78. The highest BCUT2D eigenvalue weighted by molar-refractivity contribution is 7.15. The monoisotopic (exact) mass is 297 g/mol. The fourth-order valence-electron chi connectivity index (χ4n) is 1.40. The van der Waals surface area contributed by atoms with Crippen molar-refractivity contribution < 1.29 is 4.79 Å². The number of nitrogens with zero attached hydrogens (tertiary/aromatic N) is 3. The Morgan fingerprint density at radius 1 is 1.47 bits per heavy atom. The lowest BCUT2D eigenvalue weighted by Gasteiger charge is -2.09. The zero-order valence-corrected chi connectivity index (χ0v) is 12.3. The van der Waals surface area contributed by atoms with Gasteiger partial charge in [-0.15, -0.1) is 21.5 Å². The molecule has 102 valence electrons. The fourth-order valence-corrected chi connectivity index (χ4v) is 2.77. The Kier molecular flexibility index (Phi) is 4.80. The van der Waals surface area contributed by atoms with Gasteiger partial charge in [0.05, 0.1) is 5.01 Å². The molecule has 8 heteroatoms. The first-order valence-corrected chi connectivity index (χ1v) is 7.65. The molecule has 0 aliphatic heterocycles. The Morgan fingerprint density at radius 3 is 2.95 bits per heavy atom. The maximum absolute atomic E-state index is 11.7. The number of carbonyl (C=O) groups is 1. The van der Waals surface area contributed by atoms with Gasteiger partial charge in [0.1, 0.15) is 5.01 Å². The molecular formula is C11H15N5OS2. The Morgan fingerprint density at radius 2 is 2.32 bits per heavy atom. The van der Waals surface area contributed by atoms with Crippen LogP contribution < -0.4 is 10.6 Å². The first kappa shape index (κ1) is 13.9. The predicted molar refractivity (Wildman–Crippen MR) is 76.8 cm³/mol. The zero-order valence-electron chi connectivity index (χ0n) is 10.7. The van der Waals surface area contributed by atoms with Crippen LogP contribution in [0.3, 0.4) is 0 Å². The van der Waals surface area contributed by atoms with E-state index in [4.69, 9.17) is 0 Å². The van der Waals surface area contributed by atoms with E-state index in [2.05, 4.69) is 25.8 Å². The standard InChI is InChI=1S/C11H15N5OS2/c1-3-8-15-16-11(19-8)14-10(17)13-6-7(2)9-12-4-5-18-9/h4-5,7H,3,6H2,1-2H3,(H2,13,14,16,17)/t7-/m0/s1. The van der Waals surface area contributed by atoms with Gasteiger partial charge in [-0.2, -0.15) is 0 Å². The van der Waals surface area contributed by atoms with Gasteiger partial charge in [-0.05, 0) is 6.42 Å². The SMILES string of the molecule is CCc1nnc(NC(=O)NC[C@H](C)c2nccs2)s1. The number of urea groups is 1. The third-order valence-electron chi connectivity index (χ3n) is 2.43. The van der Waals surface area contributed by atoms with E-state index in [0.717, 1.165) is 16.4 Å². The minimum Gasteiger partial charge on any atom is -0.337 e. The molecule has 6 nitrogen and oxygen atoms in total. The van der Waals surface area contributed by atoms with Crippen molar-refractivity contribution in [2.45, 2.75) is 26.2 Å². The average molecular weight is 297 g/mol. The number of carbonyl (C=O) groups excluding carboxylic acids is 1. The summed E-state index contributed by atoms with van der Waals surface area (Å²) in [5, 5.41) is 17.7. The molecule has 2 amide bonds. The minimum absolute atomic E-state index is 0.200. The number of aromatic nitrogens is 3. The molecule has 2 aromatic rings. The largest absolute Gasteiger partial charge is 0.337 e. The fraction of sp³-hybridized carbons (Fsp3) is 0.455. The number of hydrogen-bond acceptors (Lipinski definition) is 6. The summed E-state index contributed by atoms with van der Waals surface area (Å²) in [6, 6.07) is -0.262. The van der Waals surface area contributed by atoms with E-state index in [1.165, 1.54) is 11.3 Å². The Labute approximate surface area is 119 Å². The summed E-state index contributed by atoms with van der Waals surface area (Å²) in [4.78, 5) is 15.9. The quantitative estimate of drug-likeness (QED) is 0.888. The van der Waals surface area contributed by atoms with Gasteiger partial charge in [0, 0.05) is 24.0 Å². The van der Waals surface area contributed by atoms with Gasteiger partial charge in [0.25, 0.3) is 0 Å². The first-order chi connectivity index (χ1) is 9.19. The molecule has 2 N–H and O–H groups in total. The van der Waals surface area contributed by atoms with E-state index in [-0.39, 0.29) is 11.9 Å². The Hall–Kier alpha value is -1.54. The van der Waals surface area contributed by atoms with Crippen LogP contribution in [0.5, 0.6) is 0 Å². The highest BCUT2D eigenvalue weighted by atomic mass is 32.1. The van der Waals surface area contributed by atoms with Crippen molar-refractivity contribution >= 4 is 33.8 Å². The molecular weight excluding hydrogens is 282 g/mol. The smallest absolute Gasteiger partial charge is 0.321 e. The molecule has 2 aromatic heterocycles. The highest BCUT2D eigenvalue weighted by Gasteiger charge is 2.11. The summed E-state index contributed by atoms with van der Waals surface area (Å²) in [5.41, 5.74) is 0. The minimum atomic E-state index is -0.262. The van der Waals surface area contributed by atoms with E-state index >= 15 is 0 Å². The summed E-state index contributed by atoms with van der Waals surface area (Å²) in [7, 11) is 0. The van der Waals surface area contributed by atoms with Gasteiger partial charge in [-0.3, -0.25) is 5.32 Å². The molecule has 0 unspecified atom stereocenters. The molecule has 0 bridgehead atoms. The molecule has 0 spiro atoms. The van der Waals surface area contributed by atoms with Crippen LogP contribution in [0.25, 0.3) is 0 Å². The molecule has 0 radical (unpaired) electrons. The highest BCUT2D eigenvalue weighted by Crippen LogP contribution is 2.17. The maximum atomic E-state index is 11.7. The maximum Gasteiger partial charge on any atom is 0.321 e. The second-order valence-electron chi connectivity index (χ2n) is 3.96. The van der Waals surface area contributed by atoms with Gasteiger partial charge < -0.3 is 5.32 Å². The summed E-state index contributed by atoms with van der Waals surface area (Å²) >= 11 is 2.98. The van der Waals surface area contributed by atoms with Gasteiger partial charge in [-0.1, -0.05) is 25.2 Å². The van der Waals surface area contributed by atoms with E-state index in [9.17, 15) is 4.79 Å². The van der Waals surface area contributed by atoms with Gasteiger partial charge >= 0.3 is 6.03 Å². The topological polar surface area (TPSA) is 79.8 Å². The summed E-state index contributed by atoms with van der Waals surface area (Å²) in [5.74, 6) is 0.200. The second-order valence-corrected chi connectivity index (χ2v) is 5.95. The summed E-state index contributed by atoms with van der Waals surface area (Å²) < 4.78 is 0. The van der Waals surface area contributed by atoms with Crippen LogP contribution in [0, 0.1) is 0 Å². The van der Waals surface area contributed by atoms with E-state index < -0.39 is 0 Å². The molecule has 1 atom stereocenters. The molecule has 0 aromatic carbocycles. The van der Waals surface area contributed by atoms with Gasteiger partial charge in [0.15, 0.2) is 0 Å². The molecule has 0 saturated heterocycles. The van der Waals surface area contributed by atoms with Crippen LogP contribution in [-0.4, -0.2) is 27.8 Å². The van der Waals surface area contributed by atoms with E-state index in [1.807, 2.05) is 19.2 Å². The molecule has 2 heterocycles. The lowest BCUT2D eigenvalue weighted by molar-refractivity contribution is 0.251. The van der Waals surface area contributed by atoms with Crippen molar-refractivity contribution in [1.29, 1.82) is 0 Å².